The van der Waals surface area contributed by atoms with E-state index in [0.29, 0.717) is 12.1 Å². The van der Waals surface area contributed by atoms with Crippen LogP contribution in [0.5, 0.6) is 0 Å². The monoisotopic (exact) mass is 380 g/mol. The van der Waals surface area contributed by atoms with Crippen molar-refractivity contribution >= 4 is 23.5 Å². The molecule has 1 nitrogen and oxygen atoms in total. The van der Waals surface area contributed by atoms with Gasteiger partial charge in [-0.25, -0.2) is 0 Å². The minimum atomic E-state index is -4.92. The van der Waals surface area contributed by atoms with E-state index in [1.165, 1.54) is 31.2 Å². The van der Waals surface area contributed by atoms with Crippen molar-refractivity contribution in [3.63, 3.8) is 0 Å². The lowest BCUT2D eigenvalue weighted by Gasteiger charge is -2.22. The number of allylic oxidation sites excluding steroid dienone is 5. The Labute approximate surface area is 144 Å². The van der Waals surface area contributed by atoms with Crippen molar-refractivity contribution in [1.29, 1.82) is 0 Å². The van der Waals surface area contributed by atoms with Gasteiger partial charge in [0.1, 0.15) is 4.87 Å². The summed E-state index contributed by atoms with van der Waals surface area (Å²) in [4.78, 5) is 10.3. The lowest BCUT2D eigenvalue weighted by atomic mass is 9.90. The molecule has 0 saturated heterocycles. The predicted molar refractivity (Wildman–Crippen MR) is 82.0 cm³/mol. The molecule has 2 rings (SSSR count). The average molecular weight is 381 g/mol. The van der Waals surface area contributed by atoms with Crippen molar-refractivity contribution in [2.24, 2.45) is 0 Å². The second-order valence-corrected chi connectivity index (χ2v) is 6.28. The highest BCUT2D eigenvalue weighted by Crippen LogP contribution is 2.37. The number of hydrogen-bond donors (Lipinski definition) is 0. The van der Waals surface area contributed by atoms with Gasteiger partial charge in [0.2, 0.25) is 0 Å². The maximum absolute atomic E-state index is 12.8. The zero-order chi connectivity index (χ0) is 19.0. The Balaban J connectivity index is 2.47. The summed E-state index contributed by atoms with van der Waals surface area (Å²) in [6.45, 7) is 1.39. The number of ketones is 1. The second-order valence-electron chi connectivity index (χ2n) is 5.52. The van der Waals surface area contributed by atoms with Gasteiger partial charge >= 0.3 is 12.4 Å². The van der Waals surface area contributed by atoms with E-state index in [0.717, 1.165) is 6.08 Å². The molecule has 1 aliphatic rings. The van der Waals surface area contributed by atoms with E-state index in [1.54, 1.807) is 0 Å². The van der Waals surface area contributed by atoms with Crippen LogP contribution in [-0.2, 0) is 17.1 Å². The molecule has 8 heteroatoms. The second kappa shape index (κ2) is 6.37. The summed E-state index contributed by atoms with van der Waals surface area (Å²) < 4.78 is 77.0. The van der Waals surface area contributed by atoms with Crippen molar-refractivity contribution in [3.05, 3.63) is 64.8 Å². The maximum Gasteiger partial charge on any atom is 0.416 e. The summed E-state index contributed by atoms with van der Waals surface area (Å²) in [6, 6.07) is 1.24. The normalized spacial score (nSPS) is 21.8. The number of hydrogen-bond acceptors (Lipinski definition) is 1. The van der Waals surface area contributed by atoms with Gasteiger partial charge < -0.3 is 0 Å². The maximum atomic E-state index is 12.8. The molecule has 1 unspecified atom stereocenters. The van der Waals surface area contributed by atoms with Gasteiger partial charge in [-0.15, -0.1) is 11.6 Å². The topological polar surface area (TPSA) is 17.1 Å². The first-order valence-electron chi connectivity index (χ1n) is 6.91. The highest BCUT2D eigenvalue weighted by molar-refractivity contribution is 6.39. The Morgan fingerprint density at radius 3 is 1.96 bits per heavy atom. The van der Waals surface area contributed by atoms with E-state index in [-0.39, 0.29) is 17.2 Å². The van der Waals surface area contributed by atoms with Crippen LogP contribution in [0.25, 0.3) is 6.08 Å². The van der Waals surface area contributed by atoms with Crippen LogP contribution in [0.1, 0.15) is 23.6 Å². The minimum absolute atomic E-state index is 0.0507. The van der Waals surface area contributed by atoms with Gasteiger partial charge in [0, 0.05) is 0 Å². The van der Waals surface area contributed by atoms with E-state index in [1.807, 2.05) is 0 Å². The van der Waals surface area contributed by atoms with Gasteiger partial charge in [-0.1, -0.05) is 24.3 Å². The largest absolute Gasteiger partial charge is 0.416 e. The molecular weight excluding hydrogens is 370 g/mol. The summed E-state index contributed by atoms with van der Waals surface area (Å²) in [5.74, 6) is -0.434. The van der Waals surface area contributed by atoms with Gasteiger partial charge in [0.15, 0.2) is 5.78 Å². The first kappa shape index (κ1) is 19.3. The highest BCUT2D eigenvalue weighted by Gasteiger charge is 2.37. The molecule has 1 aromatic rings. The van der Waals surface area contributed by atoms with Crippen LogP contribution in [0, 0.1) is 0 Å². The number of alkyl halides is 7. The fraction of sp³-hybridized carbons (Fsp3) is 0.235. The third-order valence-electron chi connectivity index (χ3n) is 3.59. The molecule has 134 valence electrons. The molecule has 0 aromatic heterocycles. The lowest BCUT2D eigenvalue weighted by Crippen LogP contribution is -2.30. The van der Waals surface area contributed by atoms with Crippen molar-refractivity contribution in [2.75, 3.05) is 0 Å². The Hall–Kier alpha value is -2.02. The van der Waals surface area contributed by atoms with Gasteiger partial charge in [-0.2, -0.15) is 26.3 Å². The van der Waals surface area contributed by atoms with E-state index in [4.69, 9.17) is 11.6 Å². The lowest BCUT2D eigenvalue weighted by molar-refractivity contribution is -0.143. The molecule has 0 radical (unpaired) electrons. The highest BCUT2D eigenvalue weighted by atomic mass is 35.5. The van der Waals surface area contributed by atoms with Gasteiger partial charge in [0.05, 0.1) is 11.1 Å². The van der Waals surface area contributed by atoms with Gasteiger partial charge in [0.25, 0.3) is 0 Å². The molecule has 0 bridgehead atoms. The van der Waals surface area contributed by atoms with E-state index in [2.05, 4.69) is 0 Å². The standard InChI is InChI=1S/C17H11ClF6O/c1-15(18)11(3-2-4-14(15)25)6-5-10-7-12(16(19,20)21)9-13(8-10)17(22,23)24/h2-9H,1H3/b6-5+. The first-order chi connectivity index (χ1) is 11.3. The van der Waals surface area contributed by atoms with Crippen LogP contribution in [0.2, 0.25) is 0 Å². The zero-order valence-corrected chi connectivity index (χ0v) is 13.4. The minimum Gasteiger partial charge on any atom is -0.292 e. The molecular formula is C17H11ClF6O. The quantitative estimate of drug-likeness (QED) is 0.468. The SMILES string of the molecule is CC1(Cl)C(=O)C=CC=C1/C=C/c1cc(C(F)(F)F)cc(C(F)(F)F)c1. The van der Waals surface area contributed by atoms with Crippen LogP contribution in [0.15, 0.2) is 48.1 Å². The van der Waals surface area contributed by atoms with Crippen molar-refractivity contribution < 1.29 is 31.1 Å². The molecule has 1 atom stereocenters. The van der Waals surface area contributed by atoms with E-state index < -0.39 is 34.1 Å². The van der Waals surface area contributed by atoms with Crippen molar-refractivity contribution in [3.8, 4) is 0 Å². The Kier molecular flexibility index (Phi) is 4.92. The fourth-order valence-electron chi connectivity index (χ4n) is 2.17. The summed E-state index contributed by atoms with van der Waals surface area (Å²) >= 11 is 6.08. The predicted octanol–water partition coefficient (Wildman–Crippen LogP) is 5.80. The molecule has 1 aliphatic carbocycles. The van der Waals surface area contributed by atoms with Crippen molar-refractivity contribution in [2.45, 2.75) is 24.2 Å². The summed E-state index contributed by atoms with van der Waals surface area (Å²) in [5, 5.41) is 0. The van der Waals surface area contributed by atoms with E-state index >= 15 is 0 Å². The molecule has 0 saturated carbocycles. The molecule has 25 heavy (non-hydrogen) atoms. The van der Waals surface area contributed by atoms with Crippen LogP contribution in [0.3, 0.4) is 0 Å². The third-order valence-corrected chi connectivity index (χ3v) is 4.00. The summed E-state index contributed by atoms with van der Waals surface area (Å²) in [7, 11) is 0. The third kappa shape index (κ3) is 4.34. The Bertz CT molecular complexity index is 749. The average Bonchev–Trinajstić information content (AvgIpc) is 2.47. The van der Waals surface area contributed by atoms with Crippen molar-refractivity contribution in [1.82, 2.24) is 0 Å². The first-order valence-corrected chi connectivity index (χ1v) is 7.29. The molecule has 0 aliphatic heterocycles. The number of rotatable bonds is 2. The van der Waals surface area contributed by atoms with Crippen LogP contribution in [-0.4, -0.2) is 10.7 Å². The number of benzene rings is 1. The number of carbonyl (C=O) groups is 1. The van der Waals surface area contributed by atoms with Gasteiger partial charge in [-0.3, -0.25) is 4.79 Å². The van der Waals surface area contributed by atoms with Crippen LogP contribution in [0.4, 0.5) is 26.3 Å². The molecule has 1 aromatic carbocycles. The molecule has 0 amide bonds. The van der Waals surface area contributed by atoms with Gasteiger partial charge in [-0.05, 0) is 42.3 Å². The molecule has 0 spiro atoms. The molecule has 0 fully saturated rings. The van der Waals surface area contributed by atoms with Crippen LogP contribution < -0.4 is 0 Å². The molecule has 0 heterocycles. The number of carbonyl (C=O) groups excluding carboxylic acids is 1. The summed E-state index contributed by atoms with van der Waals surface area (Å²) in [6.07, 6.45) is -3.46. The Morgan fingerprint density at radius 1 is 0.960 bits per heavy atom. The zero-order valence-electron chi connectivity index (χ0n) is 12.7. The Morgan fingerprint density at radius 2 is 1.48 bits per heavy atom. The van der Waals surface area contributed by atoms with E-state index in [9.17, 15) is 31.1 Å². The smallest absolute Gasteiger partial charge is 0.292 e. The number of halogens is 7. The van der Waals surface area contributed by atoms with Crippen LogP contribution >= 0.6 is 11.6 Å². The summed E-state index contributed by atoms with van der Waals surface area (Å²) in [5.41, 5.74) is -2.88. The fourth-order valence-corrected chi connectivity index (χ4v) is 2.36. The molecule has 0 N–H and O–H groups in total.